The second-order valence-electron chi connectivity index (χ2n) is 6.15. The van der Waals surface area contributed by atoms with Crippen LogP contribution < -0.4 is 4.74 Å². The molecule has 25 heavy (non-hydrogen) atoms. The van der Waals surface area contributed by atoms with Gasteiger partial charge in [0, 0.05) is 19.3 Å². The number of fused-ring (bicyclic) bond motifs is 1. The Labute approximate surface area is 147 Å². The monoisotopic (exact) mass is 338 g/mol. The van der Waals surface area contributed by atoms with Crippen molar-refractivity contribution in [1.29, 1.82) is 0 Å². The fourth-order valence-electron chi connectivity index (χ4n) is 2.69. The average Bonchev–Trinajstić information content (AvgIpc) is 2.97. The van der Waals surface area contributed by atoms with Crippen LogP contribution in [0.3, 0.4) is 0 Å². The van der Waals surface area contributed by atoms with Gasteiger partial charge in [-0.05, 0) is 32.4 Å². The molecule has 0 atom stereocenters. The van der Waals surface area contributed by atoms with E-state index in [9.17, 15) is 4.79 Å². The Bertz CT molecular complexity index is 917. The lowest BCUT2D eigenvalue weighted by molar-refractivity contribution is 0.0771. The van der Waals surface area contributed by atoms with Crippen molar-refractivity contribution in [1.82, 2.24) is 19.5 Å². The number of carbonyl (C=O) groups excluding carboxylic acids is 1. The van der Waals surface area contributed by atoms with Crippen LogP contribution in [0.4, 0.5) is 0 Å². The van der Waals surface area contributed by atoms with Crippen LogP contribution >= 0.6 is 0 Å². The SMILES string of the molecule is Cc1cc2ncc(C(=O)N(C)CCOc3ccccc3C)c(C)n2n1. The molecule has 2 heterocycles. The van der Waals surface area contributed by atoms with E-state index in [1.807, 2.05) is 51.1 Å². The van der Waals surface area contributed by atoms with Crippen molar-refractivity contribution in [3.8, 4) is 5.75 Å². The van der Waals surface area contributed by atoms with Crippen LogP contribution in [-0.4, -0.2) is 45.6 Å². The van der Waals surface area contributed by atoms with E-state index in [1.165, 1.54) is 0 Å². The molecule has 0 aliphatic heterocycles. The number of nitrogens with zero attached hydrogens (tertiary/aromatic N) is 4. The Morgan fingerprint density at radius 1 is 1.24 bits per heavy atom. The fraction of sp³-hybridized carbons (Fsp3) is 0.316. The molecule has 0 unspecified atom stereocenters. The normalized spacial score (nSPS) is 10.9. The number of amides is 1. The van der Waals surface area contributed by atoms with Crippen molar-refractivity contribution in [2.45, 2.75) is 20.8 Å². The zero-order chi connectivity index (χ0) is 18.0. The van der Waals surface area contributed by atoms with Crippen molar-refractivity contribution in [3.05, 3.63) is 59.0 Å². The summed E-state index contributed by atoms with van der Waals surface area (Å²) in [4.78, 5) is 18.7. The second kappa shape index (κ2) is 6.93. The van der Waals surface area contributed by atoms with Crippen molar-refractivity contribution < 1.29 is 9.53 Å². The van der Waals surface area contributed by atoms with Crippen LogP contribution in [0, 0.1) is 20.8 Å². The van der Waals surface area contributed by atoms with Crippen LogP contribution in [0.2, 0.25) is 0 Å². The van der Waals surface area contributed by atoms with Gasteiger partial charge in [0.2, 0.25) is 0 Å². The highest BCUT2D eigenvalue weighted by Crippen LogP contribution is 2.16. The molecule has 3 rings (SSSR count). The molecule has 1 aromatic carbocycles. The van der Waals surface area contributed by atoms with E-state index in [1.54, 1.807) is 22.7 Å². The lowest BCUT2D eigenvalue weighted by Crippen LogP contribution is -2.32. The van der Waals surface area contributed by atoms with E-state index in [0.717, 1.165) is 28.3 Å². The summed E-state index contributed by atoms with van der Waals surface area (Å²) < 4.78 is 7.48. The Hall–Kier alpha value is -2.89. The van der Waals surface area contributed by atoms with E-state index in [4.69, 9.17) is 4.74 Å². The first-order valence-electron chi connectivity index (χ1n) is 8.23. The van der Waals surface area contributed by atoms with Gasteiger partial charge < -0.3 is 9.64 Å². The number of aryl methyl sites for hydroxylation is 3. The molecule has 0 spiro atoms. The van der Waals surface area contributed by atoms with E-state index >= 15 is 0 Å². The molecule has 0 fully saturated rings. The standard InChI is InChI=1S/C19H22N4O2/c1-13-7-5-6-8-17(13)25-10-9-22(4)19(24)16-12-20-18-11-14(2)21-23(18)15(16)3/h5-8,11-12H,9-10H2,1-4H3. The molecule has 0 saturated heterocycles. The Morgan fingerprint density at radius 3 is 2.76 bits per heavy atom. The van der Waals surface area contributed by atoms with Crippen molar-refractivity contribution in [2.75, 3.05) is 20.2 Å². The third-order valence-electron chi connectivity index (χ3n) is 4.20. The van der Waals surface area contributed by atoms with Gasteiger partial charge in [-0.2, -0.15) is 5.10 Å². The third kappa shape index (κ3) is 3.47. The minimum Gasteiger partial charge on any atom is -0.491 e. The third-order valence-corrected chi connectivity index (χ3v) is 4.20. The highest BCUT2D eigenvalue weighted by atomic mass is 16.5. The molecule has 6 nitrogen and oxygen atoms in total. The maximum Gasteiger partial charge on any atom is 0.257 e. The molecule has 0 aliphatic rings. The number of likely N-dealkylation sites (N-methyl/N-ethyl adjacent to an activating group) is 1. The van der Waals surface area contributed by atoms with Gasteiger partial charge in [-0.15, -0.1) is 0 Å². The Morgan fingerprint density at radius 2 is 2.00 bits per heavy atom. The molecule has 0 saturated carbocycles. The minimum absolute atomic E-state index is 0.0894. The Balaban J connectivity index is 1.68. The summed E-state index contributed by atoms with van der Waals surface area (Å²) in [6.45, 7) is 6.71. The van der Waals surface area contributed by atoms with Gasteiger partial charge in [-0.25, -0.2) is 9.50 Å². The van der Waals surface area contributed by atoms with Gasteiger partial charge in [-0.1, -0.05) is 18.2 Å². The predicted molar refractivity (Wildman–Crippen MR) is 96.1 cm³/mol. The number of benzene rings is 1. The molecule has 2 aromatic heterocycles. The van der Waals surface area contributed by atoms with Gasteiger partial charge in [-0.3, -0.25) is 4.79 Å². The first-order chi connectivity index (χ1) is 12.0. The highest BCUT2D eigenvalue weighted by Gasteiger charge is 2.17. The van der Waals surface area contributed by atoms with Gasteiger partial charge in [0.25, 0.3) is 5.91 Å². The van der Waals surface area contributed by atoms with Gasteiger partial charge in [0.1, 0.15) is 12.4 Å². The van der Waals surface area contributed by atoms with Crippen LogP contribution in [0.15, 0.2) is 36.5 Å². The second-order valence-corrected chi connectivity index (χ2v) is 6.15. The number of ether oxygens (including phenoxy) is 1. The summed E-state index contributed by atoms with van der Waals surface area (Å²) >= 11 is 0. The average molecular weight is 338 g/mol. The highest BCUT2D eigenvalue weighted by molar-refractivity contribution is 5.95. The number of rotatable bonds is 5. The zero-order valence-electron chi connectivity index (χ0n) is 15.0. The zero-order valence-corrected chi connectivity index (χ0v) is 15.0. The predicted octanol–water partition coefficient (Wildman–Crippen LogP) is 2.81. The quantitative estimate of drug-likeness (QED) is 0.718. The molecular weight excluding hydrogens is 316 g/mol. The summed E-state index contributed by atoms with van der Waals surface area (Å²) in [5, 5.41) is 4.39. The van der Waals surface area contributed by atoms with Gasteiger partial charge in [0.05, 0.1) is 23.5 Å². The summed E-state index contributed by atoms with van der Waals surface area (Å²) in [5.74, 6) is 0.753. The molecule has 0 aliphatic carbocycles. The molecule has 130 valence electrons. The molecule has 3 aromatic rings. The topological polar surface area (TPSA) is 59.7 Å². The number of hydrogen-bond acceptors (Lipinski definition) is 4. The molecule has 0 bridgehead atoms. The van der Waals surface area contributed by atoms with E-state index in [0.29, 0.717) is 18.7 Å². The van der Waals surface area contributed by atoms with Crippen LogP contribution in [0.1, 0.15) is 27.3 Å². The van der Waals surface area contributed by atoms with Gasteiger partial charge >= 0.3 is 0 Å². The summed E-state index contributed by atoms with van der Waals surface area (Å²) in [6, 6.07) is 9.73. The van der Waals surface area contributed by atoms with Crippen LogP contribution in [-0.2, 0) is 0 Å². The van der Waals surface area contributed by atoms with Crippen molar-refractivity contribution in [3.63, 3.8) is 0 Å². The number of para-hydroxylation sites is 1. The lowest BCUT2D eigenvalue weighted by Gasteiger charge is -2.19. The Kier molecular flexibility index (Phi) is 4.70. The maximum absolute atomic E-state index is 12.7. The lowest BCUT2D eigenvalue weighted by atomic mass is 10.2. The molecule has 1 amide bonds. The first-order valence-corrected chi connectivity index (χ1v) is 8.23. The molecule has 0 radical (unpaired) electrons. The summed E-state index contributed by atoms with van der Waals surface area (Å²) in [5.41, 5.74) is 4.04. The number of carbonyl (C=O) groups is 1. The van der Waals surface area contributed by atoms with E-state index in [2.05, 4.69) is 10.1 Å². The summed E-state index contributed by atoms with van der Waals surface area (Å²) in [6.07, 6.45) is 1.62. The number of aromatic nitrogens is 3. The summed E-state index contributed by atoms with van der Waals surface area (Å²) in [7, 11) is 1.77. The molecular formula is C19H22N4O2. The largest absolute Gasteiger partial charge is 0.491 e. The minimum atomic E-state index is -0.0894. The fourth-order valence-corrected chi connectivity index (χ4v) is 2.69. The van der Waals surface area contributed by atoms with Crippen molar-refractivity contribution in [2.24, 2.45) is 0 Å². The van der Waals surface area contributed by atoms with Gasteiger partial charge in [0.15, 0.2) is 5.65 Å². The smallest absolute Gasteiger partial charge is 0.257 e. The molecule has 0 N–H and O–H groups in total. The number of hydrogen-bond donors (Lipinski definition) is 0. The van der Waals surface area contributed by atoms with Crippen molar-refractivity contribution >= 4 is 11.6 Å². The van der Waals surface area contributed by atoms with E-state index in [-0.39, 0.29) is 5.91 Å². The van der Waals surface area contributed by atoms with E-state index < -0.39 is 0 Å². The maximum atomic E-state index is 12.7. The van der Waals surface area contributed by atoms with Crippen LogP contribution in [0.25, 0.3) is 5.65 Å². The van der Waals surface area contributed by atoms with Crippen LogP contribution in [0.5, 0.6) is 5.75 Å². The first kappa shape index (κ1) is 17.0. The molecule has 6 heteroatoms.